The Morgan fingerprint density at radius 2 is 1.46 bits per heavy atom. The van der Waals surface area contributed by atoms with Crippen LogP contribution >= 0.6 is 23.2 Å². The normalized spacial score (nSPS) is 11.8. The lowest BCUT2D eigenvalue weighted by molar-refractivity contribution is 0.474. The molecule has 3 aromatic carbocycles. The second-order valence-corrected chi connectivity index (χ2v) is 6.26. The van der Waals surface area contributed by atoms with E-state index in [9.17, 15) is 5.11 Å². The lowest BCUT2D eigenvalue weighted by Gasteiger charge is -2.03. The third-order valence-electron chi connectivity index (χ3n) is 3.92. The van der Waals surface area contributed by atoms with E-state index in [1.54, 1.807) is 12.3 Å². The Morgan fingerprint density at radius 1 is 0.875 bits per heavy atom. The first-order chi connectivity index (χ1) is 11.6. The van der Waals surface area contributed by atoms with Gasteiger partial charge < -0.3 is 5.11 Å². The predicted octanol–water partition coefficient (Wildman–Crippen LogP) is 5.69. The molecule has 0 fully saturated rings. The van der Waals surface area contributed by atoms with Crippen LogP contribution in [-0.4, -0.2) is 16.0 Å². The number of para-hydroxylation sites is 2. The van der Waals surface area contributed by atoms with Gasteiger partial charge in [0.05, 0.1) is 22.3 Å². The zero-order valence-corrected chi connectivity index (χ0v) is 14.0. The third-order valence-corrected chi connectivity index (χ3v) is 4.43. The summed E-state index contributed by atoms with van der Waals surface area (Å²) in [4.78, 5) is 0. The van der Waals surface area contributed by atoms with Gasteiger partial charge in [-0.3, -0.25) is 0 Å². The van der Waals surface area contributed by atoms with Crippen LogP contribution in [0.5, 0.6) is 5.75 Å². The molecule has 24 heavy (non-hydrogen) atoms. The number of benzene rings is 3. The molecule has 4 rings (SSSR count). The molecular weight excluding hydrogens is 343 g/mol. The van der Waals surface area contributed by atoms with Crippen molar-refractivity contribution in [3.63, 3.8) is 0 Å². The summed E-state index contributed by atoms with van der Waals surface area (Å²) < 4.78 is 1.85. The molecule has 0 unspecified atom stereocenters. The Labute approximate surface area is 148 Å². The number of aromatic hydroxyl groups is 1. The van der Waals surface area contributed by atoms with Crippen LogP contribution < -0.4 is 0 Å². The number of hydrogen-bond donors (Lipinski definition) is 1. The van der Waals surface area contributed by atoms with Gasteiger partial charge in [-0.2, -0.15) is 5.10 Å². The number of hydrogen-bond acceptors (Lipinski definition) is 2. The van der Waals surface area contributed by atoms with Crippen LogP contribution in [0.1, 0.15) is 5.56 Å². The second kappa shape index (κ2) is 5.86. The van der Waals surface area contributed by atoms with E-state index >= 15 is 0 Å². The van der Waals surface area contributed by atoms with Gasteiger partial charge in [0.25, 0.3) is 0 Å². The summed E-state index contributed by atoms with van der Waals surface area (Å²) in [5.41, 5.74) is 2.44. The van der Waals surface area contributed by atoms with Crippen molar-refractivity contribution in [2.75, 3.05) is 0 Å². The Hall–Kier alpha value is -2.49. The fourth-order valence-corrected chi connectivity index (χ4v) is 3.34. The van der Waals surface area contributed by atoms with Gasteiger partial charge >= 0.3 is 0 Å². The van der Waals surface area contributed by atoms with Crippen LogP contribution in [-0.2, 0) is 0 Å². The lowest BCUT2D eigenvalue weighted by Crippen LogP contribution is -1.91. The van der Waals surface area contributed by atoms with Crippen molar-refractivity contribution in [2.45, 2.75) is 0 Å². The Kier molecular flexibility index (Phi) is 3.68. The highest BCUT2D eigenvalue weighted by Crippen LogP contribution is 2.31. The van der Waals surface area contributed by atoms with E-state index in [0.29, 0.717) is 10.6 Å². The Balaban J connectivity index is 1.94. The van der Waals surface area contributed by atoms with Crippen LogP contribution in [0.15, 0.2) is 65.8 Å². The van der Waals surface area contributed by atoms with Crippen molar-refractivity contribution in [2.24, 2.45) is 5.10 Å². The molecule has 0 saturated carbocycles. The van der Waals surface area contributed by atoms with Gasteiger partial charge in [-0.15, -0.1) is 0 Å². The van der Waals surface area contributed by atoms with E-state index in [0.717, 1.165) is 21.8 Å². The van der Waals surface area contributed by atoms with E-state index in [4.69, 9.17) is 23.2 Å². The molecular formula is C19H12Cl2N2O. The van der Waals surface area contributed by atoms with Gasteiger partial charge in [0.15, 0.2) is 0 Å². The number of halogens is 2. The van der Waals surface area contributed by atoms with Crippen LogP contribution in [0.25, 0.3) is 21.8 Å². The maximum atomic E-state index is 10.1. The van der Waals surface area contributed by atoms with Crippen molar-refractivity contribution in [1.82, 2.24) is 4.68 Å². The van der Waals surface area contributed by atoms with Gasteiger partial charge in [0, 0.05) is 21.4 Å². The zero-order valence-electron chi connectivity index (χ0n) is 12.4. The topological polar surface area (TPSA) is 37.5 Å². The number of phenolic OH excluding ortho intramolecular Hbond substituents is 1. The van der Waals surface area contributed by atoms with Gasteiger partial charge in [-0.1, -0.05) is 59.6 Å². The smallest absolute Gasteiger partial charge is 0.143 e. The molecule has 118 valence electrons. The van der Waals surface area contributed by atoms with Crippen molar-refractivity contribution < 1.29 is 5.11 Å². The minimum Gasteiger partial charge on any atom is -0.506 e. The van der Waals surface area contributed by atoms with Crippen molar-refractivity contribution >= 4 is 51.2 Å². The highest BCUT2D eigenvalue weighted by molar-refractivity contribution is 6.36. The number of nitrogens with zero attached hydrogens (tertiary/aromatic N) is 2. The average Bonchev–Trinajstić information content (AvgIpc) is 2.91. The monoisotopic (exact) mass is 354 g/mol. The molecule has 0 saturated heterocycles. The van der Waals surface area contributed by atoms with Crippen molar-refractivity contribution in [3.8, 4) is 5.75 Å². The summed E-state index contributed by atoms with van der Waals surface area (Å²) in [6, 6.07) is 19.2. The molecule has 5 heteroatoms. The number of rotatable bonds is 2. The number of phenols is 1. The maximum absolute atomic E-state index is 10.1. The Bertz CT molecular complexity index is 1050. The molecule has 1 N–H and O–H groups in total. The van der Waals surface area contributed by atoms with Gasteiger partial charge in [-0.05, 0) is 24.3 Å². The minimum absolute atomic E-state index is 0.0365. The standard InChI is InChI=1S/C19H12Cl2N2O/c20-13-9-12(19(24)16(21)10-13)11-22-23-17-7-3-1-5-14(17)15-6-2-4-8-18(15)23/h1-11,24H. The molecule has 1 aromatic heterocycles. The molecule has 3 nitrogen and oxygen atoms in total. The first kappa shape index (κ1) is 15.1. The van der Waals surface area contributed by atoms with E-state index in [-0.39, 0.29) is 10.8 Å². The lowest BCUT2D eigenvalue weighted by atomic mass is 10.2. The van der Waals surface area contributed by atoms with Crippen LogP contribution in [0.2, 0.25) is 10.0 Å². The minimum atomic E-state index is -0.0365. The van der Waals surface area contributed by atoms with Crippen LogP contribution in [0, 0.1) is 0 Å². The summed E-state index contributed by atoms with van der Waals surface area (Å²) in [7, 11) is 0. The maximum Gasteiger partial charge on any atom is 0.143 e. The van der Waals surface area contributed by atoms with E-state index in [1.165, 1.54) is 6.07 Å². The number of aromatic nitrogens is 1. The molecule has 0 radical (unpaired) electrons. The SMILES string of the molecule is Oc1c(Cl)cc(Cl)cc1C=Nn1c2ccccc2c2ccccc21. The van der Waals surface area contributed by atoms with E-state index < -0.39 is 0 Å². The summed E-state index contributed by atoms with van der Waals surface area (Å²) in [6.45, 7) is 0. The molecule has 0 spiro atoms. The predicted molar refractivity (Wildman–Crippen MR) is 101 cm³/mol. The van der Waals surface area contributed by atoms with Crippen molar-refractivity contribution in [3.05, 3.63) is 76.3 Å². The molecule has 0 aliphatic heterocycles. The molecule has 0 aliphatic carbocycles. The quantitative estimate of drug-likeness (QED) is 0.461. The van der Waals surface area contributed by atoms with E-state index in [2.05, 4.69) is 17.2 Å². The second-order valence-electron chi connectivity index (χ2n) is 5.42. The molecule has 0 aliphatic rings. The molecule has 0 amide bonds. The highest BCUT2D eigenvalue weighted by Gasteiger charge is 2.10. The zero-order chi connectivity index (χ0) is 16.7. The van der Waals surface area contributed by atoms with Crippen molar-refractivity contribution in [1.29, 1.82) is 0 Å². The largest absolute Gasteiger partial charge is 0.506 e. The van der Waals surface area contributed by atoms with Crippen LogP contribution in [0.4, 0.5) is 0 Å². The summed E-state index contributed by atoms with van der Waals surface area (Å²) in [5, 5.41) is 17.5. The Morgan fingerprint density at radius 3 is 2.08 bits per heavy atom. The van der Waals surface area contributed by atoms with Gasteiger partial charge in [0.1, 0.15) is 5.75 Å². The number of fused-ring (bicyclic) bond motifs is 3. The van der Waals surface area contributed by atoms with Gasteiger partial charge in [0.2, 0.25) is 0 Å². The average molecular weight is 355 g/mol. The third kappa shape index (κ3) is 2.42. The highest BCUT2D eigenvalue weighted by atomic mass is 35.5. The van der Waals surface area contributed by atoms with Gasteiger partial charge in [-0.25, -0.2) is 4.68 Å². The van der Waals surface area contributed by atoms with E-state index in [1.807, 2.05) is 41.1 Å². The summed E-state index contributed by atoms with van der Waals surface area (Å²) >= 11 is 12.0. The van der Waals surface area contributed by atoms with Crippen LogP contribution in [0.3, 0.4) is 0 Å². The first-order valence-corrected chi connectivity index (χ1v) is 8.11. The molecule has 0 bridgehead atoms. The molecule has 4 aromatic rings. The summed E-state index contributed by atoms with van der Waals surface area (Å²) in [5.74, 6) is -0.0365. The fourth-order valence-electron chi connectivity index (χ4n) is 2.83. The molecule has 0 atom stereocenters. The fraction of sp³-hybridized carbons (Fsp3) is 0. The summed E-state index contributed by atoms with van der Waals surface area (Å²) in [6.07, 6.45) is 1.56. The molecule has 1 heterocycles. The first-order valence-electron chi connectivity index (χ1n) is 7.36.